The van der Waals surface area contributed by atoms with Gasteiger partial charge in [0.25, 0.3) is 0 Å². The predicted octanol–water partition coefficient (Wildman–Crippen LogP) is 2.61. The van der Waals surface area contributed by atoms with Crippen molar-refractivity contribution in [3.05, 3.63) is 59.5 Å². The number of hydrogen-bond donors (Lipinski definition) is 0. The first-order valence-corrected chi connectivity index (χ1v) is 8.50. The van der Waals surface area contributed by atoms with Gasteiger partial charge in [0.2, 0.25) is 5.91 Å². The highest BCUT2D eigenvalue weighted by Gasteiger charge is 2.32. The molecule has 3 aromatic rings. The second-order valence-corrected chi connectivity index (χ2v) is 6.83. The van der Waals surface area contributed by atoms with Gasteiger partial charge in [-0.05, 0) is 30.3 Å². The van der Waals surface area contributed by atoms with Crippen LogP contribution in [0.2, 0.25) is 0 Å². The zero-order valence-electron chi connectivity index (χ0n) is 13.0. The molecule has 4 rings (SSSR count). The lowest BCUT2D eigenvalue weighted by Crippen LogP contribution is -2.50. The lowest BCUT2D eigenvalue weighted by atomic mass is 10.1. The molecule has 122 valence electrons. The molecule has 2 aromatic heterocycles. The number of carbonyl (C=O) groups is 1. The van der Waals surface area contributed by atoms with Gasteiger partial charge in [0.05, 0.1) is 24.5 Å². The maximum Gasteiger partial charge on any atom is 0.246 e. The van der Waals surface area contributed by atoms with Gasteiger partial charge in [0, 0.05) is 34.7 Å². The highest BCUT2D eigenvalue weighted by molar-refractivity contribution is 9.10. The van der Waals surface area contributed by atoms with E-state index in [1.54, 1.807) is 11.1 Å². The summed E-state index contributed by atoms with van der Waals surface area (Å²) in [6.45, 7) is 5.53. The van der Waals surface area contributed by atoms with E-state index in [4.69, 9.17) is 0 Å². The Hall–Kier alpha value is -2.41. The van der Waals surface area contributed by atoms with Crippen LogP contribution >= 0.6 is 15.9 Å². The molecule has 0 bridgehead atoms. The van der Waals surface area contributed by atoms with Crippen molar-refractivity contribution in [2.45, 2.75) is 12.6 Å². The zero-order valence-corrected chi connectivity index (χ0v) is 14.6. The number of halogens is 1. The molecule has 0 aliphatic carbocycles. The first-order valence-electron chi connectivity index (χ1n) is 7.70. The molecule has 0 spiro atoms. The zero-order chi connectivity index (χ0) is 16.7. The fourth-order valence-electron chi connectivity index (χ4n) is 3.09. The van der Waals surface area contributed by atoms with Crippen LogP contribution in [-0.4, -0.2) is 43.5 Å². The molecular formula is C17H16BrN5O. The van der Waals surface area contributed by atoms with Crippen LogP contribution in [0.25, 0.3) is 10.9 Å². The van der Waals surface area contributed by atoms with Crippen molar-refractivity contribution in [1.29, 1.82) is 0 Å². The van der Waals surface area contributed by atoms with Crippen molar-refractivity contribution < 1.29 is 4.79 Å². The number of benzene rings is 1. The molecule has 0 radical (unpaired) electrons. The second-order valence-electron chi connectivity index (χ2n) is 5.92. The average Bonchev–Trinajstić information content (AvgIpc) is 3.13. The van der Waals surface area contributed by atoms with Gasteiger partial charge in [-0.2, -0.15) is 0 Å². The highest BCUT2D eigenvalue weighted by atomic mass is 79.9. The van der Waals surface area contributed by atoms with E-state index in [0.717, 1.165) is 10.2 Å². The van der Waals surface area contributed by atoms with E-state index in [1.807, 2.05) is 10.7 Å². The molecule has 1 aliphatic rings. The third-order valence-corrected chi connectivity index (χ3v) is 4.90. The molecule has 0 N–H and O–H groups in total. The van der Waals surface area contributed by atoms with Crippen molar-refractivity contribution in [3.63, 3.8) is 0 Å². The topological polar surface area (TPSA) is 56.0 Å². The van der Waals surface area contributed by atoms with Crippen molar-refractivity contribution in [2.75, 3.05) is 13.1 Å². The Morgan fingerprint density at radius 1 is 1.38 bits per heavy atom. The summed E-state index contributed by atoms with van der Waals surface area (Å²) in [6.07, 6.45) is 5.22. The number of hydrogen-bond acceptors (Lipinski definition) is 3. The average molecular weight is 386 g/mol. The Bertz CT molecular complexity index is 922. The molecule has 0 atom stereocenters. The molecular weight excluding hydrogens is 370 g/mol. The Kier molecular flexibility index (Phi) is 3.72. The number of aromatic nitrogens is 4. The minimum absolute atomic E-state index is 0.0325. The fourth-order valence-corrected chi connectivity index (χ4v) is 3.47. The van der Waals surface area contributed by atoms with Crippen molar-refractivity contribution >= 4 is 32.7 Å². The number of likely N-dealkylation sites (tertiary alicyclic amines) is 1. The normalized spacial score (nSPS) is 14.8. The third-order valence-electron chi connectivity index (χ3n) is 4.41. The Morgan fingerprint density at radius 2 is 2.21 bits per heavy atom. The van der Waals surface area contributed by atoms with E-state index >= 15 is 0 Å². The smallest absolute Gasteiger partial charge is 0.246 e. The largest absolute Gasteiger partial charge is 0.341 e. The first-order chi connectivity index (χ1) is 11.7. The molecule has 24 heavy (non-hydrogen) atoms. The van der Waals surface area contributed by atoms with Crippen molar-refractivity contribution in [3.8, 4) is 0 Å². The Balaban J connectivity index is 1.55. The van der Waals surface area contributed by atoms with Gasteiger partial charge in [-0.15, -0.1) is 5.10 Å². The lowest BCUT2D eigenvalue weighted by molar-refractivity contribution is -0.131. The summed E-state index contributed by atoms with van der Waals surface area (Å²) in [5.74, 6) is -0.0325. The van der Waals surface area contributed by atoms with Crippen LogP contribution in [0.3, 0.4) is 0 Å². The molecule has 3 heterocycles. The van der Waals surface area contributed by atoms with E-state index in [9.17, 15) is 4.79 Å². The molecule has 7 heteroatoms. The van der Waals surface area contributed by atoms with Gasteiger partial charge in [-0.1, -0.05) is 27.7 Å². The van der Waals surface area contributed by atoms with E-state index in [1.165, 1.54) is 17.0 Å². The SMILES string of the molecule is C=CC(=O)N1CC(n2nncc2Cn2ccc3cc(Br)ccc32)C1. The van der Waals surface area contributed by atoms with Gasteiger partial charge in [-0.25, -0.2) is 4.68 Å². The maximum absolute atomic E-state index is 11.6. The van der Waals surface area contributed by atoms with Crippen LogP contribution in [0.1, 0.15) is 11.7 Å². The summed E-state index contributed by atoms with van der Waals surface area (Å²) in [5.41, 5.74) is 2.20. The molecule has 0 unspecified atom stereocenters. The van der Waals surface area contributed by atoms with E-state index in [0.29, 0.717) is 19.6 Å². The Labute approximate surface area is 147 Å². The van der Waals surface area contributed by atoms with Crippen molar-refractivity contribution in [1.82, 2.24) is 24.5 Å². The summed E-state index contributed by atoms with van der Waals surface area (Å²) < 4.78 is 5.18. The number of nitrogens with zero attached hydrogens (tertiary/aromatic N) is 5. The lowest BCUT2D eigenvalue weighted by Gasteiger charge is -2.38. The number of carbonyl (C=O) groups excluding carboxylic acids is 1. The van der Waals surface area contributed by atoms with Crippen LogP contribution in [0, 0.1) is 0 Å². The first kappa shape index (κ1) is 15.1. The fraction of sp³-hybridized carbons (Fsp3) is 0.235. The standard InChI is InChI=1S/C17H16BrN5O/c1-2-17(24)22-10-15(11-22)23-14(8-19-20-23)9-21-6-5-12-7-13(18)3-4-16(12)21/h2-8,15H,1,9-11H2. The minimum Gasteiger partial charge on any atom is -0.341 e. The van der Waals surface area contributed by atoms with E-state index in [2.05, 4.69) is 61.8 Å². The van der Waals surface area contributed by atoms with E-state index < -0.39 is 0 Å². The maximum atomic E-state index is 11.6. The van der Waals surface area contributed by atoms with Gasteiger partial charge < -0.3 is 9.47 Å². The monoisotopic (exact) mass is 385 g/mol. The van der Waals surface area contributed by atoms with Crippen LogP contribution in [0.5, 0.6) is 0 Å². The van der Waals surface area contributed by atoms with Gasteiger partial charge >= 0.3 is 0 Å². The molecule has 1 amide bonds. The summed E-state index contributed by atoms with van der Waals surface area (Å²) in [7, 11) is 0. The molecule has 1 aliphatic heterocycles. The number of amides is 1. The van der Waals surface area contributed by atoms with Crippen molar-refractivity contribution in [2.24, 2.45) is 0 Å². The molecule has 1 aromatic carbocycles. The highest BCUT2D eigenvalue weighted by Crippen LogP contribution is 2.24. The molecule has 1 fully saturated rings. The van der Waals surface area contributed by atoms with Crippen LogP contribution in [0.4, 0.5) is 0 Å². The van der Waals surface area contributed by atoms with E-state index in [-0.39, 0.29) is 11.9 Å². The quantitative estimate of drug-likeness (QED) is 0.648. The van der Waals surface area contributed by atoms with Crippen LogP contribution in [0.15, 0.2) is 53.8 Å². The van der Waals surface area contributed by atoms with Crippen LogP contribution in [-0.2, 0) is 11.3 Å². The summed E-state index contributed by atoms with van der Waals surface area (Å²) in [6, 6.07) is 8.52. The van der Waals surface area contributed by atoms with Gasteiger partial charge in [0.15, 0.2) is 0 Å². The third kappa shape index (κ3) is 2.54. The predicted molar refractivity (Wildman–Crippen MR) is 94.6 cm³/mol. The van der Waals surface area contributed by atoms with Gasteiger partial charge in [-0.3, -0.25) is 4.79 Å². The number of rotatable bonds is 4. The molecule has 1 saturated heterocycles. The second kappa shape index (κ2) is 5.90. The minimum atomic E-state index is -0.0325. The summed E-state index contributed by atoms with van der Waals surface area (Å²) >= 11 is 3.50. The summed E-state index contributed by atoms with van der Waals surface area (Å²) in [5, 5.41) is 9.46. The van der Waals surface area contributed by atoms with Crippen LogP contribution < -0.4 is 0 Å². The van der Waals surface area contributed by atoms with Gasteiger partial charge in [0.1, 0.15) is 0 Å². The molecule has 6 nitrogen and oxygen atoms in total. The summed E-state index contributed by atoms with van der Waals surface area (Å²) in [4.78, 5) is 13.3. The Morgan fingerprint density at radius 3 is 3.00 bits per heavy atom. The number of fused-ring (bicyclic) bond motifs is 1. The molecule has 0 saturated carbocycles.